The highest BCUT2D eigenvalue weighted by molar-refractivity contribution is 6.28. The number of rotatable bonds is 2. The molecule has 0 fully saturated rings. The predicted molar refractivity (Wildman–Crippen MR) is 65.2 cm³/mol. The fourth-order valence-corrected chi connectivity index (χ4v) is 1.96. The molecule has 0 amide bonds. The van der Waals surface area contributed by atoms with E-state index >= 15 is 0 Å². The van der Waals surface area contributed by atoms with E-state index in [1.807, 2.05) is 26.8 Å². The van der Waals surface area contributed by atoms with Crippen molar-refractivity contribution in [3.63, 3.8) is 0 Å². The Bertz CT molecular complexity index is 528. The maximum Gasteiger partial charge on any atom is 0.229 e. The Labute approximate surface area is 104 Å². The maximum absolute atomic E-state index is 13.4. The minimum atomic E-state index is -0.292. The molecule has 0 aliphatic carbocycles. The fourth-order valence-electron chi connectivity index (χ4n) is 1.74. The van der Waals surface area contributed by atoms with Crippen molar-refractivity contribution in [3.8, 4) is 5.69 Å². The third-order valence-corrected chi connectivity index (χ3v) is 2.69. The average molecular weight is 254 g/mol. The Hall–Kier alpha value is -1.42. The summed E-state index contributed by atoms with van der Waals surface area (Å²) in [5.41, 5.74) is 1.49. The van der Waals surface area contributed by atoms with Gasteiger partial charge in [-0.05, 0) is 42.3 Å². The molecule has 0 atom stereocenters. The van der Waals surface area contributed by atoms with Gasteiger partial charge in [0.25, 0.3) is 0 Å². The van der Waals surface area contributed by atoms with Crippen LogP contribution >= 0.6 is 11.6 Å². The van der Waals surface area contributed by atoms with E-state index < -0.39 is 0 Å². The van der Waals surface area contributed by atoms with E-state index in [-0.39, 0.29) is 17.0 Å². The Morgan fingerprint density at radius 3 is 2.53 bits per heavy atom. The monoisotopic (exact) mass is 253 g/mol. The number of halogens is 2. The topological polar surface area (TPSA) is 30.7 Å². The first-order valence-corrected chi connectivity index (χ1v) is 5.75. The van der Waals surface area contributed by atoms with E-state index in [2.05, 4.69) is 10.2 Å². The smallest absolute Gasteiger partial charge is 0.229 e. The summed E-state index contributed by atoms with van der Waals surface area (Å²) < 4.78 is 15.1. The van der Waals surface area contributed by atoms with Gasteiger partial charge < -0.3 is 0 Å². The first-order chi connectivity index (χ1) is 7.99. The second-order valence-electron chi connectivity index (χ2n) is 4.30. The van der Waals surface area contributed by atoms with Crippen LogP contribution in [0.1, 0.15) is 31.2 Å². The average Bonchev–Trinajstić information content (AvgIpc) is 2.58. The van der Waals surface area contributed by atoms with E-state index in [0.717, 1.165) is 11.4 Å². The van der Waals surface area contributed by atoms with Crippen LogP contribution < -0.4 is 0 Å². The van der Waals surface area contributed by atoms with Gasteiger partial charge in [-0.1, -0.05) is 13.8 Å². The van der Waals surface area contributed by atoms with Gasteiger partial charge in [-0.25, -0.2) is 4.39 Å². The van der Waals surface area contributed by atoms with Gasteiger partial charge in [0.05, 0.1) is 5.69 Å². The van der Waals surface area contributed by atoms with Gasteiger partial charge in [0.1, 0.15) is 11.6 Å². The number of nitrogens with zero attached hydrogens (tertiary/aromatic N) is 3. The lowest BCUT2D eigenvalue weighted by Crippen LogP contribution is -2.04. The number of benzene rings is 1. The van der Waals surface area contributed by atoms with Crippen LogP contribution in [0.15, 0.2) is 18.2 Å². The number of aryl methyl sites for hydroxylation is 1. The largest absolute Gasteiger partial charge is 0.269 e. The molecule has 3 nitrogen and oxygen atoms in total. The van der Waals surface area contributed by atoms with Crippen molar-refractivity contribution in [1.82, 2.24) is 14.8 Å². The van der Waals surface area contributed by atoms with Gasteiger partial charge in [0.15, 0.2) is 0 Å². The molecule has 0 spiro atoms. The SMILES string of the molecule is Cc1cc(F)cc(-n2c(Cl)nnc2C(C)C)c1. The molecule has 2 aromatic rings. The van der Waals surface area contributed by atoms with Crippen molar-refractivity contribution in [2.75, 3.05) is 0 Å². The molecule has 0 saturated heterocycles. The van der Waals surface area contributed by atoms with Gasteiger partial charge >= 0.3 is 0 Å². The zero-order valence-electron chi connectivity index (χ0n) is 9.91. The minimum absolute atomic E-state index is 0.165. The molecule has 0 bridgehead atoms. The van der Waals surface area contributed by atoms with Crippen molar-refractivity contribution >= 4 is 11.6 Å². The van der Waals surface area contributed by atoms with E-state index in [1.54, 1.807) is 4.57 Å². The lowest BCUT2D eigenvalue weighted by atomic mass is 10.2. The van der Waals surface area contributed by atoms with Crippen LogP contribution in [0.25, 0.3) is 5.69 Å². The van der Waals surface area contributed by atoms with E-state index in [0.29, 0.717) is 5.69 Å². The highest BCUT2D eigenvalue weighted by atomic mass is 35.5. The van der Waals surface area contributed by atoms with Crippen LogP contribution in [0.3, 0.4) is 0 Å². The van der Waals surface area contributed by atoms with Gasteiger partial charge in [-0.15, -0.1) is 10.2 Å². The minimum Gasteiger partial charge on any atom is -0.269 e. The normalized spacial score (nSPS) is 11.2. The molecule has 0 aliphatic rings. The molecule has 2 rings (SSSR count). The molecule has 90 valence electrons. The van der Waals surface area contributed by atoms with Gasteiger partial charge in [-0.2, -0.15) is 0 Å². The standard InChI is InChI=1S/C12H13ClFN3/c1-7(2)11-15-16-12(13)17(11)10-5-8(3)4-9(14)6-10/h4-7H,1-3H3. The summed E-state index contributed by atoms with van der Waals surface area (Å²) >= 11 is 6.00. The molecule has 0 unspecified atom stereocenters. The second-order valence-corrected chi connectivity index (χ2v) is 4.64. The fraction of sp³-hybridized carbons (Fsp3) is 0.333. The highest BCUT2D eigenvalue weighted by Gasteiger charge is 2.15. The summed E-state index contributed by atoms with van der Waals surface area (Å²) in [5.74, 6) is 0.595. The molecule has 0 radical (unpaired) electrons. The van der Waals surface area contributed by atoms with E-state index in [1.165, 1.54) is 12.1 Å². The van der Waals surface area contributed by atoms with Crippen LogP contribution in [0.5, 0.6) is 0 Å². The number of hydrogen-bond acceptors (Lipinski definition) is 2. The quantitative estimate of drug-likeness (QED) is 0.820. The summed E-state index contributed by atoms with van der Waals surface area (Å²) in [5, 5.41) is 8.09. The Balaban J connectivity index is 2.63. The molecule has 1 aromatic carbocycles. The lowest BCUT2D eigenvalue weighted by Gasteiger charge is -2.10. The van der Waals surface area contributed by atoms with Crippen LogP contribution in [0.4, 0.5) is 4.39 Å². The van der Waals surface area contributed by atoms with Crippen LogP contribution in [-0.2, 0) is 0 Å². The number of aromatic nitrogens is 3. The first-order valence-electron chi connectivity index (χ1n) is 5.37. The Morgan fingerprint density at radius 1 is 1.24 bits per heavy atom. The molecule has 1 aromatic heterocycles. The lowest BCUT2D eigenvalue weighted by molar-refractivity contribution is 0.624. The molecule has 0 N–H and O–H groups in total. The predicted octanol–water partition coefficient (Wildman–Crippen LogP) is 3.49. The van der Waals surface area contributed by atoms with E-state index in [9.17, 15) is 4.39 Å². The zero-order chi connectivity index (χ0) is 12.6. The molecule has 17 heavy (non-hydrogen) atoms. The second kappa shape index (κ2) is 4.45. The third kappa shape index (κ3) is 2.31. The highest BCUT2D eigenvalue weighted by Crippen LogP contribution is 2.23. The zero-order valence-corrected chi connectivity index (χ0v) is 10.7. The molecular weight excluding hydrogens is 241 g/mol. The Kier molecular flexibility index (Phi) is 3.15. The molecule has 1 heterocycles. The molecular formula is C12H13ClFN3. The van der Waals surface area contributed by atoms with Crippen molar-refractivity contribution in [1.29, 1.82) is 0 Å². The maximum atomic E-state index is 13.4. The van der Waals surface area contributed by atoms with Crippen molar-refractivity contribution in [3.05, 3.63) is 40.7 Å². The van der Waals surface area contributed by atoms with Gasteiger partial charge in [0.2, 0.25) is 5.28 Å². The van der Waals surface area contributed by atoms with Crippen LogP contribution in [0.2, 0.25) is 5.28 Å². The van der Waals surface area contributed by atoms with Crippen molar-refractivity contribution in [2.24, 2.45) is 0 Å². The summed E-state index contributed by atoms with van der Waals surface area (Å²) in [6.07, 6.45) is 0. The first kappa shape index (κ1) is 12.0. The number of hydrogen-bond donors (Lipinski definition) is 0. The molecule has 5 heteroatoms. The van der Waals surface area contributed by atoms with Crippen LogP contribution in [0, 0.1) is 12.7 Å². The van der Waals surface area contributed by atoms with E-state index in [4.69, 9.17) is 11.6 Å². The molecule has 0 aliphatic heterocycles. The van der Waals surface area contributed by atoms with Gasteiger partial charge in [0, 0.05) is 5.92 Å². The van der Waals surface area contributed by atoms with Crippen LogP contribution in [-0.4, -0.2) is 14.8 Å². The molecule has 0 saturated carbocycles. The summed E-state index contributed by atoms with van der Waals surface area (Å²) in [6.45, 7) is 5.81. The van der Waals surface area contributed by atoms with Crippen molar-refractivity contribution < 1.29 is 4.39 Å². The summed E-state index contributed by atoms with van der Waals surface area (Å²) in [4.78, 5) is 0. The van der Waals surface area contributed by atoms with Crippen molar-refractivity contribution in [2.45, 2.75) is 26.7 Å². The Morgan fingerprint density at radius 2 is 1.94 bits per heavy atom. The van der Waals surface area contributed by atoms with Gasteiger partial charge in [-0.3, -0.25) is 4.57 Å². The third-order valence-electron chi connectivity index (χ3n) is 2.45. The summed E-state index contributed by atoms with van der Waals surface area (Å²) in [7, 11) is 0. The summed E-state index contributed by atoms with van der Waals surface area (Å²) in [6, 6.07) is 4.75.